The Labute approximate surface area is 148 Å². The van der Waals surface area contributed by atoms with Gasteiger partial charge in [-0.05, 0) is 36.6 Å². The Morgan fingerprint density at radius 1 is 1.04 bits per heavy atom. The summed E-state index contributed by atoms with van der Waals surface area (Å²) in [4.78, 5) is 12.0. The van der Waals surface area contributed by atoms with Gasteiger partial charge in [0.2, 0.25) is 10.0 Å². The van der Waals surface area contributed by atoms with E-state index in [-0.39, 0.29) is 17.0 Å². The lowest BCUT2D eigenvalue weighted by Gasteiger charge is -2.16. The van der Waals surface area contributed by atoms with Gasteiger partial charge in [-0.1, -0.05) is 12.1 Å². The van der Waals surface area contributed by atoms with Gasteiger partial charge in [-0.3, -0.25) is 4.79 Å². The van der Waals surface area contributed by atoms with Crippen LogP contribution in [0.4, 0.5) is 13.2 Å². The lowest BCUT2D eigenvalue weighted by Crippen LogP contribution is -2.29. The first-order chi connectivity index (χ1) is 12.2. The van der Waals surface area contributed by atoms with Crippen LogP contribution in [0, 0.1) is 0 Å². The van der Waals surface area contributed by atoms with Crippen LogP contribution in [-0.4, -0.2) is 30.4 Å². The topological polar surface area (TPSA) is 59.4 Å². The smallest absolute Gasteiger partial charge is 0.310 e. The summed E-state index contributed by atoms with van der Waals surface area (Å²) in [6, 6.07) is 6.97. The van der Waals surface area contributed by atoms with Crippen LogP contribution in [0.25, 0.3) is 0 Å². The van der Waals surface area contributed by atoms with Gasteiger partial charge in [-0.25, -0.2) is 8.42 Å². The number of sulfonamides is 1. The molecule has 1 aliphatic rings. The van der Waals surface area contributed by atoms with Crippen molar-refractivity contribution in [3.05, 3.63) is 64.1 Å². The highest BCUT2D eigenvalue weighted by Crippen LogP contribution is 2.29. The van der Waals surface area contributed by atoms with E-state index in [0.29, 0.717) is 13.1 Å². The molecule has 0 spiro atoms. The van der Waals surface area contributed by atoms with E-state index in [0.717, 1.165) is 35.6 Å². The van der Waals surface area contributed by atoms with Crippen molar-refractivity contribution in [1.82, 2.24) is 8.87 Å². The monoisotopic (exact) mass is 386 g/mol. The zero-order valence-electron chi connectivity index (χ0n) is 13.7. The van der Waals surface area contributed by atoms with Crippen LogP contribution in [0.5, 0.6) is 0 Å². The van der Waals surface area contributed by atoms with E-state index in [4.69, 9.17) is 0 Å². The van der Waals surface area contributed by atoms with Gasteiger partial charge in [0.05, 0.1) is 17.0 Å². The third-order valence-corrected chi connectivity index (χ3v) is 6.15. The van der Waals surface area contributed by atoms with Crippen LogP contribution in [0.3, 0.4) is 0 Å². The fourth-order valence-corrected chi connectivity index (χ4v) is 4.44. The van der Waals surface area contributed by atoms with Gasteiger partial charge in [-0.2, -0.15) is 17.5 Å². The maximum atomic E-state index is 12.8. The number of rotatable bonds is 4. The summed E-state index contributed by atoms with van der Waals surface area (Å²) < 4.78 is 66.1. The van der Waals surface area contributed by atoms with Crippen molar-refractivity contribution in [2.24, 2.45) is 0 Å². The second-order valence-corrected chi connectivity index (χ2v) is 8.08. The quantitative estimate of drug-likeness (QED) is 0.812. The highest BCUT2D eigenvalue weighted by Gasteiger charge is 2.30. The van der Waals surface area contributed by atoms with E-state index >= 15 is 0 Å². The third-order valence-electron chi connectivity index (χ3n) is 4.27. The first-order valence-corrected chi connectivity index (χ1v) is 9.49. The van der Waals surface area contributed by atoms with Crippen molar-refractivity contribution in [1.29, 1.82) is 0 Å². The summed E-state index contributed by atoms with van der Waals surface area (Å²) >= 11 is 0. The van der Waals surface area contributed by atoms with Crippen LogP contribution < -0.4 is 5.56 Å². The molecule has 0 aliphatic carbocycles. The molecule has 5 nitrogen and oxygen atoms in total. The average molecular weight is 386 g/mol. The van der Waals surface area contributed by atoms with E-state index in [1.165, 1.54) is 28.7 Å². The molecule has 1 saturated heterocycles. The molecule has 9 heteroatoms. The summed E-state index contributed by atoms with van der Waals surface area (Å²) in [5.74, 6) is 0. The Balaban J connectivity index is 1.93. The van der Waals surface area contributed by atoms with Gasteiger partial charge in [0.25, 0.3) is 5.56 Å². The van der Waals surface area contributed by atoms with Crippen molar-refractivity contribution in [3.8, 4) is 0 Å². The number of nitrogens with zero attached hydrogens (tertiary/aromatic N) is 2. The molecule has 1 aromatic heterocycles. The molecule has 0 N–H and O–H groups in total. The highest BCUT2D eigenvalue weighted by molar-refractivity contribution is 7.89. The molecule has 26 heavy (non-hydrogen) atoms. The summed E-state index contributed by atoms with van der Waals surface area (Å²) in [6.45, 7) is 0.705. The molecule has 3 rings (SSSR count). The minimum Gasteiger partial charge on any atom is -0.310 e. The van der Waals surface area contributed by atoms with Crippen molar-refractivity contribution >= 4 is 10.0 Å². The fourth-order valence-electron chi connectivity index (χ4n) is 2.91. The number of hydrogen-bond acceptors (Lipinski definition) is 3. The van der Waals surface area contributed by atoms with Gasteiger partial charge in [0.15, 0.2) is 0 Å². The first kappa shape index (κ1) is 18.7. The normalized spacial score (nSPS) is 16.1. The number of benzene rings is 1. The van der Waals surface area contributed by atoms with Crippen LogP contribution in [0.15, 0.2) is 52.3 Å². The molecule has 1 fully saturated rings. The summed E-state index contributed by atoms with van der Waals surface area (Å²) in [5, 5.41) is 0. The summed E-state index contributed by atoms with van der Waals surface area (Å²) in [5.41, 5.74) is -1.04. The molecule has 0 unspecified atom stereocenters. The van der Waals surface area contributed by atoms with Crippen molar-refractivity contribution in [2.45, 2.75) is 30.5 Å². The molecule has 1 aromatic carbocycles. The van der Waals surface area contributed by atoms with Gasteiger partial charge in [0, 0.05) is 25.4 Å². The number of aromatic nitrogens is 1. The van der Waals surface area contributed by atoms with Gasteiger partial charge in [0.1, 0.15) is 0 Å². The van der Waals surface area contributed by atoms with Gasteiger partial charge >= 0.3 is 6.18 Å². The molecular formula is C17H17F3N2O3S. The van der Waals surface area contributed by atoms with E-state index in [1.807, 2.05) is 0 Å². The molecule has 140 valence electrons. The number of hydrogen-bond donors (Lipinski definition) is 0. The van der Waals surface area contributed by atoms with Crippen LogP contribution >= 0.6 is 0 Å². The Kier molecular flexibility index (Phi) is 4.94. The second kappa shape index (κ2) is 6.88. The zero-order valence-corrected chi connectivity index (χ0v) is 14.6. The van der Waals surface area contributed by atoms with Gasteiger partial charge in [-0.15, -0.1) is 0 Å². The predicted molar refractivity (Wildman–Crippen MR) is 89.2 cm³/mol. The Bertz CT molecular complexity index is 962. The molecule has 0 amide bonds. The maximum absolute atomic E-state index is 12.8. The minimum atomic E-state index is -4.48. The number of alkyl halides is 3. The fraction of sp³-hybridized carbons (Fsp3) is 0.353. The molecule has 0 radical (unpaired) electrons. The molecule has 2 heterocycles. The minimum absolute atomic E-state index is 0.0361. The lowest BCUT2D eigenvalue weighted by atomic mass is 10.1. The molecule has 0 bridgehead atoms. The van der Waals surface area contributed by atoms with E-state index in [9.17, 15) is 26.4 Å². The molecule has 0 atom stereocenters. The Morgan fingerprint density at radius 3 is 2.38 bits per heavy atom. The number of pyridine rings is 1. The standard InChI is InChI=1S/C17H17F3N2O3S/c18-17(19,20)14-5-3-4-13(10-14)11-21-12-15(6-7-16(21)23)26(24,25)22-8-1-2-9-22/h3-7,10,12H,1-2,8-9,11H2. The second-order valence-electron chi connectivity index (χ2n) is 6.14. The molecular weight excluding hydrogens is 369 g/mol. The van der Waals surface area contributed by atoms with Gasteiger partial charge < -0.3 is 4.57 Å². The summed E-state index contributed by atoms with van der Waals surface area (Å²) in [6.07, 6.45) is -1.73. The molecule has 1 aliphatic heterocycles. The summed E-state index contributed by atoms with van der Waals surface area (Å²) in [7, 11) is -3.71. The van der Waals surface area contributed by atoms with Crippen molar-refractivity contribution < 1.29 is 21.6 Å². The zero-order chi connectivity index (χ0) is 18.9. The van der Waals surface area contributed by atoms with Crippen molar-refractivity contribution in [2.75, 3.05) is 13.1 Å². The predicted octanol–water partition coefficient (Wildman–Crippen LogP) is 2.70. The average Bonchev–Trinajstić information content (AvgIpc) is 3.11. The first-order valence-electron chi connectivity index (χ1n) is 8.05. The van der Waals surface area contributed by atoms with Crippen LogP contribution in [0.2, 0.25) is 0 Å². The highest BCUT2D eigenvalue weighted by atomic mass is 32.2. The van der Waals surface area contributed by atoms with E-state index in [1.54, 1.807) is 0 Å². The molecule has 2 aromatic rings. The SMILES string of the molecule is O=c1ccc(S(=O)(=O)N2CCCC2)cn1Cc1cccc(C(F)(F)F)c1. The largest absolute Gasteiger partial charge is 0.416 e. The lowest BCUT2D eigenvalue weighted by molar-refractivity contribution is -0.137. The molecule has 0 saturated carbocycles. The van der Waals surface area contributed by atoms with E-state index in [2.05, 4.69) is 0 Å². The van der Waals surface area contributed by atoms with Crippen LogP contribution in [0.1, 0.15) is 24.0 Å². The number of halogens is 3. The maximum Gasteiger partial charge on any atom is 0.416 e. The Morgan fingerprint density at radius 2 is 1.73 bits per heavy atom. The third kappa shape index (κ3) is 3.83. The van der Waals surface area contributed by atoms with Crippen molar-refractivity contribution in [3.63, 3.8) is 0 Å². The van der Waals surface area contributed by atoms with E-state index < -0.39 is 27.3 Å². The van der Waals surface area contributed by atoms with Crippen LogP contribution in [-0.2, 0) is 22.7 Å². The Hall–Kier alpha value is -2.13.